The molecular weight excluding hydrogens is 340 g/mol. The fraction of sp³-hybridized carbons (Fsp3) is 0.238. The van der Waals surface area contributed by atoms with E-state index in [-0.39, 0.29) is 17.7 Å². The summed E-state index contributed by atoms with van der Waals surface area (Å²) >= 11 is 0. The minimum atomic E-state index is -0.201. The van der Waals surface area contributed by atoms with Crippen LogP contribution in [0.25, 0.3) is 21.9 Å². The Kier molecular flexibility index (Phi) is 4.32. The maximum atomic E-state index is 11.9. The highest BCUT2D eigenvalue weighted by atomic mass is 16.2. The molecule has 6 heteroatoms. The van der Waals surface area contributed by atoms with E-state index in [1.165, 1.54) is 0 Å². The highest BCUT2D eigenvalue weighted by molar-refractivity contribution is 5.96. The first kappa shape index (κ1) is 17.1. The summed E-state index contributed by atoms with van der Waals surface area (Å²) in [6.07, 6.45) is 5.42. The Hall–Kier alpha value is -3.28. The van der Waals surface area contributed by atoms with E-state index < -0.39 is 0 Å². The third-order valence-corrected chi connectivity index (χ3v) is 4.80. The highest BCUT2D eigenvalue weighted by Gasteiger charge is 2.29. The minimum Gasteiger partial charge on any atom is -0.354 e. The quantitative estimate of drug-likeness (QED) is 0.748. The molecule has 2 N–H and O–H groups in total. The van der Waals surface area contributed by atoms with Crippen molar-refractivity contribution in [3.8, 4) is 11.1 Å². The number of nitrogens with one attached hydrogen (secondary N) is 2. The van der Waals surface area contributed by atoms with Crippen LogP contribution in [0.5, 0.6) is 0 Å². The monoisotopic (exact) mass is 360 g/mol. The third-order valence-electron chi connectivity index (χ3n) is 4.80. The molecule has 1 aromatic carbocycles. The first-order valence-corrected chi connectivity index (χ1v) is 8.95. The molecule has 0 saturated heterocycles. The van der Waals surface area contributed by atoms with Crippen molar-refractivity contribution in [2.45, 2.75) is 19.8 Å². The fourth-order valence-electron chi connectivity index (χ4n) is 3.06. The molecule has 2 heterocycles. The summed E-state index contributed by atoms with van der Waals surface area (Å²) in [7, 11) is 1.59. The van der Waals surface area contributed by atoms with Gasteiger partial charge in [-0.1, -0.05) is 12.1 Å². The Morgan fingerprint density at radius 3 is 2.56 bits per heavy atom. The van der Waals surface area contributed by atoms with Gasteiger partial charge in [-0.15, -0.1) is 0 Å². The van der Waals surface area contributed by atoms with Crippen LogP contribution in [-0.4, -0.2) is 28.8 Å². The topological polar surface area (TPSA) is 84.0 Å². The van der Waals surface area contributed by atoms with Gasteiger partial charge in [0.15, 0.2) is 0 Å². The van der Waals surface area contributed by atoms with Gasteiger partial charge in [-0.3, -0.25) is 14.6 Å². The van der Waals surface area contributed by atoms with Crippen LogP contribution in [0.3, 0.4) is 0 Å². The van der Waals surface area contributed by atoms with Gasteiger partial charge in [0, 0.05) is 36.3 Å². The first-order chi connectivity index (χ1) is 13.0. The predicted octanol–water partition coefficient (Wildman–Crippen LogP) is 3.31. The van der Waals surface area contributed by atoms with Crippen molar-refractivity contribution in [1.82, 2.24) is 15.3 Å². The number of carbonyl (C=O) groups is 2. The second-order valence-corrected chi connectivity index (χ2v) is 6.86. The van der Waals surface area contributed by atoms with Crippen molar-refractivity contribution >= 4 is 28.4 Å². The van der Waals surface area contributed by atoms with Crippen molar-refractivity contribution in [3.05, 3.63) is 54.0 Å². The Balaban J connectivity index is 1.63. The highest BCUT2D eigenvalue weighted by Crippen LogP contribution is 2.31. The second kappa shape index (κ2) is 6.79. The summed E-state index contributed by atoms with van der Waals surface area (Å²) in [4.78, 5) is 32.3. The van der Waals surface area contributed by atoms with Crippen LogP contribution in [0.1, 0.15) is 28.9 Å². The lowest BCUT2D eigenvalue weighted by Crippen LogP contribution is -2.19. The lowest BCUT2D eigenvalue weighted by molar-refractivity contribution is -0.117. The van der Waals surface area contributed by atoms with Gasteiger partial charge in [-0.2, -0.15) is 0 Å². The van der Waals surface area contributed by atoms with Crippen LogP contribution in [0, 0.1) is 12.8 Å². The second-order valence-electron chi connectivity index (χ2n) is 6.86. The normalized spacial score (nSPS) is 13.4. The standard InChI is InChI=1S/C21H20N4O2/c1-12-7-18(21(27)22-2)23-11-17(12)15-6-5-14-9-19(24-10-16(14)8-15)25-20(26)13-3-4-13/h5-11,13H,3-4H2,1-2H3,(H,22,27)(H,24,25,26). The number of fused-ring (bicyclic) bond motifs is 1. The van der Waals surface area contributed by atoms with Crippen molar-refractivity contribution < 1.29 is 9.59 Å². The molecule has 4 rings (SSSR count). The fourth-order valence-corrected chi connectivity index (χ4v) is 3.06. The molecule has 1 aliphatic carbocycles. The molecule has 1 fully saturated rings. The lowest BCUT2D eigenvalue weighted by Gasteiger charge is -2.10. The molecule has 3 aromatic rings. The number of rotatable bonds is 4. The van der Waals surface area contributed by atoms with E-state index in [1.807, 2.05) is 31.2 Å². The molecule has 0 aliphatic heterocycles. The van der Waals surface area contributed by atoms with E-state index in [2.05, 4.69) is 20.6 Å². The van der Waals surface area contributed by atoms with Gasteiger partial charge >= 0.3 is 0 Å². The largest absolute Gasteiger partial charge is 0.354 e. The SMILES string of the molecule is CNC(=O)c1cc(C)c(-c2ccc3cc(NC(=O)C4CC4)ncc3c2)cn1. The van der Waals surface area contributed by atoms with Crippen molar-refractivity contribution in [2.24, 2.45) is 5.92 Å². The molecule has 2 aromatic heterocycles. The number of hydrogen-bond acceptors (Lipinski definition) is 4. The lowest BCUT2D eigenvalue weighted by atomic mass is 9.99. The van der Waals surface area contributed by atoms with Gasteiger partial charge in [0.2, 0.25) is 5.91 Å². The molecular formula is C21H20N4O2. The third kappa shape index (κ3) is 3.51. The van der Waals surface area contributed by atoms with E-state index >= 15 is 0 Å². The summed E-state index contributed by atoms with van der Waals surface area (Å²) in [5.74, 6) is 0.586. The maximum absolute atomic E-state index is 11.9. The molecule has 27 heavy (non-hydrogen) atoms. The number of aryl methyl sites for hydroxylation is 1. The van der Waals surface area contributed by atoms with Gasteiger partial charge in [0.05, 0.1) is 0 Å². The number of amides is 2. The van der Waals surface area contributed by atoms with Crippen molar-refractivity contribution in [3.63, 3.8) is 0 Å². The predicted molar refractivity (Wildman–Crippen MR) is 104 cm³/mol. The minimum absolute atomic E-state index is 0.0522. The number of carbonyl (C=O) groups excluding carboxylic acids is 2. The summed E-state index contributed by atoms with van der Waals surface area (Å²) in [5, 5.41) is 7.44. The van der Waals surface area contributed by atoms with Gasteiger partial charge in [0.25, 0.3) is 5.91 Å². The van der Waals surface area contributed by atoms with Gasteiger partial charge < -0.3 is 10.6 Å². The molecule has 6 nitrogen and oxygen atoms in total. The van der Waals surface area contributed by atoms with Crippen molar-refractivity contribution in [2.75, 3.05) is 12.4 Å². The van der Waals surface area contributed by atoms with Crippen LogP contribution in [-0.2, 0) is 4.79 Å². The number of aromatic nitrogens is 2. The Bertz CT molecular complexity index is 1060. The van der Waals surface area contributed by atoms with E-state index in [0.29, 0.717) is 11.5 Å². The van der Waals surface area contributed by atoms with Crippen LogP contribution in [0.4, 0.5) is 5.82 Å². The average molecular weight is 360 g/mol. The van der Waals surface area contributed by atoms with Gasteiger partial charge in [-0.05, 0) is 54.5 Å². The van der Waals surface area contributed by atoms with E-state index in [1.54, 1.807) is 25.5 Å². The number of nitrogens with zero attached hydrogens (tertiary/aromatic N) is 2. The van der Waals surface area contributed by atoms with Crippen LogP contribution in [0.2, 0.25) is 0 Å². The van der Waals surface area contributed by atoms with E-state index in [9.17, 15) is 9.59 Å². The average Bonchev–Trinajstić information content (AvgIpc) is 3.52. The summed E-state index contributed by atoms with van der Waals surface area (Å²) < 4.78 is 0. The van der Waals surface area contributed by atoms with Gasteiger partial charge in [-0.25, -0.2) is 4.98 Å². The van der Waals surface area contributed by atoms with Crippen LogP contribution in [0.15, 0.2) is 42.7 Å². The maximum Gasteiger partial charge on any atom is 0.269 e. The molecule has 1 saturated carbocycles. The zero-order valence-corrected chi connectivity index (χ0v) is 15.2. The molecule has 136 valence electrons. The Labute approximate surface area is 157 Å². The summed E-state index contributed by atoms with van der Waals surface area (Å²) in [6.45, 7) is 1.96. The molecule has 0 bridgehead atoms. The number of anilines is 1. The molecule has 0 unspecified atom stereocenters. The zero-order valence-electron chi connectivity index (χ0n) is 15.2. The van der Waals surface area contributed by atoms with Gasteiger partial charge in [0.1, 0.15) is 11.5 Å². The molecule has 0 radical (unpaired) electrons. The number of benzene rings is 1. The molecule has 0 atom stereocenters. The summed E-state index contributed by atoms with van der Waals surface area (Å²) in [6, 6.07) is 9.73. The smallest absolute Gasteiger partial charge is 0.269 e. The number of pyridine rings is 2. The van der Waals surface area contributed by atoms with E-state index in [0.717, 1.165) is 40.3 Å². The van der Waals surface area contributed by atoms with Crippen molar-refractivity contribution in [1.29, 1.82) is 0 Å². The molecule has 1 aliphatic rings. The molecule has 2 amide bonds. The number of hydrogen-bond donors (Lipinski definition) is 2. The Morgan fingerprint density at radius 2 is 1.85 bits per heavy atom. The van der Waals surface area contributed by atoms with E-state index in [4.69, 9.17) is 0 Å². The first-order valence-electron chi connectivity index (χ1n) is 8.95. The molecule has 0 spiro atoms. The van der Waals surface area contributed by atoms with Crippen LogP contribution < -0.4 is 10.6 Å². The summed E-state index contributed by atoms with van der Waals surface area (Å²) in [5.41, 5.74) is 3.35. The Morgan fingerprint density at radius 1 is 1.04 bits per heavy atom. The zero-order chi connectivity index (χ0) is 19.0. The van der Waals surface area contributed by atoms with Crippen LogP contribution >= 0.6 is 0 Å².